The summed E-state index contributed by atoms with van der Waals surface area (Å²) in [5.74, 6) is -2.54. The van der Waals surface area contributed by atoms with Crippen molar-refractivity contribution < 1.29 is 19.5 Å². The molecule has 3 fully saturated rings. The van der Waals surface area contributed by atoms with Crippen LogP contribution in [0.2, 0.25) is 0 Å². The second-order valence-corrected chi connectivity index (χ2v) is 11.2. The molecule has 2 aliphatic heterocycles. The van der Waals surface area contributed by atoms with Crippen molar-refractivity contribution >= 4 is 40.9 Å². The van der Waals surface area contributed by atoms with E-state index in [2.05, 4.69) is 24.0 Å². The lowest BCUT2D eigenvalue weighted by Gasteiger charge is -2.43. The Morgan fingerprint density at radius 3 is 2.58 bits per heavy atom. The van der Waals surface area contributed by atoms with Crippen LogP contribution in [0.4, 0.5) is 0 Å². The summed E-state index contributed by atoms with van der Waals surface area (Å²) in [4.78, 5) is 54.5. The Morgan fingerprint density at radius 2 is 1.87 bits per heavy atom. The predicted octanol–water partition coefficient (Wildman–Crippen LogP) is 2.30. The quantitative estimate of drug-likeness (QED) is 0.687. The normalized spacial score (nSPS) is 35.3. The number of carbonyl (C=O) groups excluding carboxylic acids is 2. The van der Waals surface area contributed by atoms with Gasteiger partial charge in [0.05, 0.1) is 16.9 Å². The largest absolute Gasteiger partial charge is 0.480 e. The molecule has 31 heavy (non-hydrogen) atoms. The van der Waals surface area contributed by atoms with E-state index in [1.807, 2.05) is 12.1 Å². The Morgan fingerprint density at radius 1 is 1.16 bits per heavy atom. The summed E-state index contributed by atoms with van der Waals surface area (Å²) in [5.41, 5.74) is 2.31. The van der Waals surface area contributed by atoms with Gasteiger partial charge in [-0.1, -0.05) is 35.6 Å². The number of benzene rings is 1. The number of carboxylic acid groups (broad SMARTS) is 1. The number of rotatable bonds is 3. The van der Waals surface area contributed by atoms with E-state index >= 15 is 0 Å². The highest BCUT2D eigenvalue weighted by Crippen LogP contribution is 2.68. The maximum Gasteiger partial charge on any atom is 0.323 e. The summed E-state index contributed by atoms with van der Waals surface area (Å²) in [7, 11) is 0. The zero-order chi connectivity index (χ0) is 21.6. The van der Waals surface area contributed by atoms with Crippen molar-refractivity contribution in [3.63, 3.8) is 0 Å². The second kappa shape index (κ2) is 6.56. The molecule has 2 N–H and O–H groups in total. The van der Waals surface area contributed by atoms with Gasteiger partial charge in [-0.3, -0.25) is 24.1 Å². The Balaban J connectivity index is 1.47. The van der Waals surface area contributed by atoms with Crippen molar-refractivity contribution in [2.24, 2.45) is 29.6 Å². The molecule has 3 heterocycles. The van der Waals surface area contributed by atoms with Gasteiger partial charge in [-0.15, -0.1) is 11.8 Å². The molecule has 2 bridgehead atoms. The van der Waals surface area contributed by atoms with E-state index in [0.717, 1.165) is 32.4 Å². The van der Waals surface area contributed by atoms with Crippen LogP contribution in [0.5, 0.6) is 0 Å². The van der Waals surface area contributed by atoms with Gasteiger partial charge in [-0.25, -0.2) is 0 Å². The van der Waals surface area contributed by atoms with Crippen LogP contribution in [0.25, 0.3) is 0 Å². The van der Waals surface area contributed by atoms with Crippen LogP contribution < -0.4 is 4.87 Å². The van der Waals surface area contributed by atoms with E-state index in [0.29, 0.717) is 0 Å². The lowest BCUT2D eigenvalue weighted by atomic mass is 9.67. The molecule has 2 aromatic rings. The van der Waals surface area contributed by atoms with Gasteiger partial charge in [0.15, 0.2) is 0 Å². The van der Waals surface area contributed by atoms with Crippen molar-refractivity contribution in [3.05, 3.63) is 49.9 Å². The number of amides is 2. The van der Waals surface area contributed by atoms with E-state index in [-0.39, 0.29) is 45.6 Å². The van der Waals surface area contributed by atoms with E-state index in [1.165, 1.54) is 11.3 Å². The van der Waals surface area contributed by atoms with Gasteiger partial charge in [0, 0.05) is 16.0 Å². The first-order valence-corrected chi connectivity index (χ1v) is 12.1. The number of aromatic amines is 1. The van der Waals surface area contributed by atoms with Crippen LogP contribution in [0.1, 0.15) is 28.3 Å². The number of imide groups is 1. The van der Waals surface area contributed by atoms with E-state index in [9.17, 15) is 24.3 Å². The van der Waals surface area contributed by atoms with Gasteiger partial charge in [-0.2, -0.15) is 0 Å². The third-order valence-electron chi connectivity index (χ3n) is 7.63. The number of hydrogen-bond donors (Lipinski definition) is 2. The molecule has 2 aliphatic carbocycles. The number of nitrogens with zero attached hydrogens (tertiary/aromatic N) is 1. The molecule has 4 aliphatic rings. The van der Waals surface area contributed by atoms with Crippen molar-refractivity contribution in [2.45, 2.75) is 29.5 Å². The van der Waals surface area contributed by atoms with Crippen LogP contribution in [0, 0.1) is 36.5 Å². The second-order valence-electron chi connectivity index (χ2n) is 8.97. The number of likely N-dealkylation sites (tertiary alicyclic amines) is 1. The molecule has 2 saturated carbocycles. The first-order chi connectivity index (χ1) is 14.9. The third kappa shape index (κ3) is 2.53. The van der Waals surface area contributed by atoms with Gasteiger partial charge < -0.3 is 10.1 Å². The Bertz CT molecular complexity index is 1200. The monoisotopic (exact) mass is 456 g/mol. The Labute approximate surface area is 185 Å². The molecule has 0 radical (unpaired) electrons. The van der Waals surface area contributed by atoms with Gasteiger partial charge in [-0.05, 0) is 42.2 Å². The molecule has 9 heteroatoms. The van der Waals surface area contributed by atoms with E-state index in [4.69, 9.17) is 0 Å². The predicted molar refractivity (Wildman–Crippen MR) is 114 cm³/mol. The lowest BCUT2D eigenvalue weighted by molar-refractivity contribution is -0.149. The van der Waals surface area contributed by atoms with Gasteiger partial charge in [0.25, 0.3) is 0 Å². The minimum Gasteiger partial charge on any atom is -0.480 e. The molecule has 1 saturated heterocycles. The van der Waals surface area contributed by atoms with Crippen LogP contribution in [0.3, 0.4) is 0 Å². The average molecular weight is 457 g/mol. The average Bonchev–Trinajstić information content (AvgIpc) is 3.44. The van der Waals surface area contributed by atoms with Crippen LogP contribution in [-0.4, -0.2) is 44.6 Å². The zero-order valence-electron chi connectivity index (χ0n) is 16.6. The summed E-state index contributed by atoms with van der Waals surface area (Å²) < 4.78 is 0. The number of thioether (sulfide) groups is 1. The molecule has 1 aromatic carbocycles. The number of carbonyl (C=O) groups is 3. The van der Waals surface area contributed by atoms with Gasteiger partial charge >= 0.3 is 10.8 Å². The highest BCUT2D eigenvalue weighted by atomic mass is 32.2. The number of aryl methyl sites for hydroxylation is 1. The number of nitrogens with one attached hydrogen (secondary N) is 1. The fourth-order valence-electron chi connectivity index (χ4n) is 6.65. The Hall–Kier alpha value is -2.39. The van der Waals surface area contributed by atoms with Gasteiger partial charge in [0.1, 0.15) is 6.54 Å². The van der Waals surface area contributed by atoms with Crippen molar-refractivity contribution in [2.75, 3.05) is 6.54 Å². The van der Waals surface area contributed by atoms with Crippen LogP contribution in [0.15, 0.2) is 34.1 Å². The number of hydrogen-bond acceptors (Lipinski definition) is 6. The molecule has 2 amide bonds. The number of thiazole rings is 1. The molecular formula is C22H20N2O5S2. The van der Waals surface area contributed by atoms with Gasteiger partial charge in [0.2, 0.25) is 11.8 Å². The summed E-state index contributed by atoms with van der Waals surface area (Å²) >= 11 is 2.88. The summed E-state index contributed by atoms with van der Waals surface area (Å²) in [6.07, 6.45) is 0.803. The minimum absolute atomic E-state index is 0.00113. The van der Waals surface area contributed by atoms with Crippen molar-refractivity contribution in [1.29, 1.82) is 0 Å². The molecule has 0 unspecified atom stereocenters. The molecular weight excluding hydrogens is 436 g/mol. The third-order valence-corrected chi connectivity index (χ3v) is 10.2. The van der Waals surface area contributed by atoms with Crippen molar-refractivity contribution in [1.82, 2.24) is 9.88 Å². The van der Waals surface area contributed by atoms with Crippen LogP contribution >= 0.6 is 23.1 Å². The first kappa shape index (κ1) is 19.3. The van der Waals surface area contributed by atoms with E-state index < -0.39 is 24.3 Å². The van der Waals surface area contributed by atoms with E-state index in [1.54, 1.807) is 11.8 Å². The first-order valence-electron chi connectivity index (χ1n) is 10.4. The van der Waals surface area contributed by atoms with Crippen molar-refractivity contribution in [3.8, 4) is 0 Å². The molecule has 1 aromatic heterocycles. The number of aromatic nitrogens is 1. The summed E-state index contributed by atoms with van der Waals surface area (Å²) in [5, 5.41) is 10.2. The zero-order valence-corrected chi connectivity index (χ0v) is 18.2. The summed E-state index contributed by atoms with van der Waals surface area (Å²) in [6.45, 7) is 1.50. The SMILES string of the molecule is Cc1ccccc1[C@H]1c2sc(=O)[nH]c2S[C@H]2[C@H]3C[C@@H]([C@@H]4C(=O)N(CC(=O)O)C(=O)[C@@H]34)[C@H]12. The lowest BCUT2D eigenvalue weighted by Crippen LogP contribution is -2.42. The highest BCUT2D eigenvalue weighted by molar-refractivity contribution is 8.00. The maximum atomic E-state index is 13.1. The van der Waals surface area contributed by atoms with Crippen LogP contribution in [-0.2, 0) is 14.4 Å². The topological polar surface area (TPSA) is 108 Å². The number of H-pyrrole nitrogens is 1. The minimum atomic E-state index is -1.17. The smallest absolute Gasteiger partial charge is 0.323 e. The molecule has 7 nitrogen and oxygen atoms in total. The number of carboxylic acids is 1. The summed E-state index contributed by atoms with van der Waals surface area (Å²) in [6, 6.07) is 8.16. The molecule has 160 valence electrons. The molecule has 6 rings (SSSR count). The Kier molecular flexibility index (Phi) is 4.08. The standard InChI is InChI=1S/C22H20N2O5S2/c1-8-4-2-3-5-9(8)13-14-10-6-11(17(14)30-19-18(13)31-22(29)23-19)16-15(10)20(27)24(21(16)28)7-12(25)26/h2-5,10-11,13-17H,6-7H2,1H3,(H,23,29)(H,25,26)/t10-,11+,13-,14-,15+,16+,17+/m1/s1. The fraction of sp³-hybridized carbons (Fsp3) is 0.455. The molecule has 7 atom stereocenters. The number of fused-ring (bicyclic) bond motifs is 9. The fourth-order valence-corrected chi connectivity index (χ4v) is 9.53. The highest BCUT2D eigenvalue weighted by Gasteiger charge is 2.69. The molecule has 0 spiro atoms. The number of aliphatic carboxylic acids is 1. The maximum absolute atomic E-state index is 13.1.